The Hall–Kier alpha value is -1.50. The summed E-state index contributed by atoms with van der Waals surface area (Å²) in [6.45, 7) is 3.99. The number of nitrogens with zero attached hydrogens (tertiary/aromatic N) is 2. The van der Waals surface area contributed by atoms with Crippen LogP contribution in [0.4, 0.5) is 5.69 Å². The van der Waals surface area contributed by atoms with Crippen molar-refractivity contribution in [3.8, 4) is 0 Å². The van der Waals surface area contributed by atoms with Crippen molar-refractivity contribution in [1.82, 2.24) is 4.90 Å². The summed E-state index contributed by atoms with van der Waals surface area (Å²) in [5.41, 5.74) is 6.85. The van der Waals surface area contributed by atoms with Crippen molar-refractivity contribution < 1.29 is 9.66 Å². The highest BCUT2D eigenvalue weighted by Crippen LogP contribution is 2.13. The van der Waals surface area contributed by atoms with Crippen LogP contribution in [-0.4, -0.2) is 48.7 Å². The van der Waals surface area contributed by atoms with E-state index in [9.17, 15) is 10.1 Å². The van der Waals surface area contributed by atoms with Crippen molar-refractivity contribution in [2.24, 2.45) is 5.73 Å². The quantitative estimate of drug-likeness (QED) is 0.629. The summed E-state index contributed by atoms with van der Waals surface area (Å²) in [6, 6.07) is 6.74. The Morgan fingerprint density at radius 1 is 1.42 bits per heavy atom. The average molecular weight is 265 g/mol. The van der Waals surface area contributed by atoms with Crippen molar-refractivity contribution in [2.75, 3.05) is 32.8 Å². The van der Waals surface area contributed by atoms with Crippen LogP contribution in [0.25, 0.3) is 0 Å². The van der Waals surface area contributed by atoms with Crippen LogP contribution >= 0.6 is 0 Å². The second kappa shape index (κ2) is 6.60. The highest BCUT2D eigenvalue weighted by molar-refractivity contribution is 5.32. The third-order valence-corrected chi connectivity index (χ3v) is 3.35. The lowest BCUT2D eigenvalue weighted by atomic mass is 10.1. The number of nitro benzene ring substituents is 1. The largest absolute Gasteiger partial charge is 0.374 e. The molecule has 0 amide bonds. The Morgan fingerprint density at radius 2 is 2.16 bits per heavy atom. The van der Waals surface area contributed by atoms with Gasteiger partial charge in [0.2, 0.25) is 0 Å². The summed E-state index contributed by atoms with van der Waals surface area (Å²) >= 11 is 0. The highest BCUT2D eigenvalue weighted by Gasteiger charge is 2.18. The molecule has 19 heavy (non-hydrogen) atoms. The Kier molecular flexibility index (Phi) is 4.84. The van der Waals surface area contributed by atoms with E-state index in [2.05, 4.69) is 4.90 Å². The van der Waals surface area contributed by atoms with Crippen molar-refractivity contribution in [1.29, 1.82) is 0 Å². The van der Waals surface area contributed by atoms with Gasteiger partial charge in [-0.1, -0.05) is 12.1 Å². The van der Waals surface area contributed by atoms with Crippen LogP contribution in [0.2, 0.25) is 0 Å². The Labute approximate surface area is 112 Å². The summed E-state index contributed by atoms with van der Waals surface area (Å²) in [6.07, 6.45) is 1.01. The zero-order chi connectivity index (χ0) is 13.7. The lowest BCUT2D eigenvalue weighted by Crippen LogP contribution is -2.46. The van der Waals surface area contributed by atoms with E-state index in [4.69, 9.17) is 10.5 Å². The number of morpholine rings is 1. The third kappa shape index (κ3) is 3.99. The lowest BCUT2D eigenvalue weighted by molar-refractivity contribution is -0.384. The lowest BCUT2D eigenvalue weighted by Gasteiger charge is -2.32. The van der Waals surface area contributed by atoms with E-state index in [1.807, 2.05) is 12.1 Å². The molecular weight excluding hydrogens is 246 g/mol. The predicted octanol–water partition coefficient (Wildman–Crippen LogP) is 0.797. The maximum Gasteiger partial charge on any atom is 0.269 e. The molecule has 1 atom stereocenters. The minimum Gasteiger partial charge on any atom is -0.374 e. The molecule has 104 valence electrons. The smallest absolute Gasteiger partial charge is 0.269 e. The predicted molar refractivity (Wildman–Crippen MR) is 72.0 cm³/mol. The van der Waals surface area contributed by atoms with Crippen molar-refractivity contribution in [2.45, 2.75) is 12.5 Å². The summed E-state index contributed by atoms with van der Waals surface area (Å²) in [5.74, 6) is 0. The van der Waals surface area contributed by atoms with Crippen LogP contribution in [0.15, 0.2) is 24.3 Å². The van der Waals surface area contributed by atoms with Crippen LogP contribution < -0.4 is 5.73 Å². The summed E-state index contributed by atoms with van der Waals surface area (Å²) in [7, 11) is 0. The Morgan fingerprint density at radius 3 is 2.79 bits per heavy atom. The van der Waals surface area contributed by atoms with Gasteiger partial charge in [0.15, 0.2) is 0 Å². The zero-order valence-electron chi connectivity index (χ0n) is 10.8. The fourth-order valence-electron chi connectivity index (χ4n) is 2.20. The van der Waals surface area contributed by atoms with E-state index in [-0.39, 0.29) is 16.7 Å². The van der Waals surface area contributed by atoms with Gasteiger partial charge in [-0.15, -0.1) is 0 Å². The summed E-state index contributed by atoms with van der Waals surface area (Å²) in [5, 5.41) is 10.6. The summed E-state index contributed by atoms with van der Waals surface area (Å²) < 4.78 is 5.51. The Balaban J connectivity index is 1.83. The molecule has 2 rings (SSSR count). The molecule has 0 saturated carbocycles. The standard InChI is InChI=1S/C13H19N3O3/c14-9-13-10-15(7-8-19-13)6-5-11-1-3-12(4-2-11)16(17)18/h1-4,13H,5-10,14H2. The first-order chi connectivity index (χ1) is 9.19. The molecule has 1 saturated heterocycles. The molecule has 1 aromatic carbocycles. The molecule has 0 aliphatic carbocycles. The second-order valence-electron chi connectivity index (χ2n) is 4.70. The SMILES string of the molecule is NCC1CN(CCc2ccc([N+](=O)[O-])cc2)CCO1. The van der Waals surface area contributed by atoms with Gasteiger partial charge in [-0.25, -0.2) is 0 Å². The number of non-ortho nitro benzene ring substituents is 1. The minimum absolute atomic E-state index is 0.130. The van der Waals surface area contributed by atoms with Gasteiger partial charge in [-0.2, -0.15) is 0 Å². The highest BCUT2D eigenvalue weighted by atomic mass is 16.6. The van der Waals surface area contributed by atoms with Crippen LogP contribution in [0, 0.1) is 10.1 Å². The molecule has 1 fully saturated rings. The molecule has 0 aromatic heterocycles. The second-order valence-corrected chi connectivity index (χ2v) is 4.70. The van der Waals surface area contributed by atoms with Gasteiger partial charge in [0, 0.05) is 38.3 Å². The maximum absolute atomic E-state index is 10.6. The normalized spacial score (nSPS) is 20.4. The number of hydrogen-bond acceptors (Lipinski definition) is 5. The molecule has 0 bridgehead atoms. The molecule has 2 N–H and O–H groups in total. The number of nitro groups is 1. The molecule has 6 heteroatoms. The fourth-order valence-corrected chi connectivity index (χ4v) is 2.20. The molecule has 0 spiro atoms. The topological polar surface area (TPSA) is 81.6 Å². The van der Waals surface area contributed by atoms with Gasteiger partial charge in [0.1, 0.15) is 0 Å². The molecule has 1 aliphatic heterocycles. The molecule has 0 radical (unpaired) electrons. The van der Waals surface area contributed by atoms with Gasteiger partial charge >= 0.3 is 0 Å². The molecule has 1 heterocycles. The van der Waals surface area contributed by atoms with Crippen molar-refractivity contribution in [3.05, 3.63) is 39.9 Å². The van der Waals surface area contributed by atoms with Crippen LogP contribution in [0.1, 0.15) is 5.56 Å². The van der Waals surface area contributed by atoms with Crippen molar-refractivity contribution in [3.63, 3.8) is 0 Å². The fraction of sp³-hybridized carbons (Fsp3) is 0.538. The van der Waals surface area contributed by atoms with Gasteiger partial charge in [-0.05, 0) is 12.0 Å². The first-order valence-corrected chi connectivity index (χ1v) is 6.46. The number of benzene rings is 1. The van der Waals surface area contributed by atoms with Gasteiger partial charge in [0.25, 0.3) is 5.69 Å². The number of rotatable bonds is 5. The van der Waals surface area contributed by atoms with Crippen LogP contribution in [0.5, 0.6) is 0 Å². The first kappa shape index (κ1) is 13.9. The maximum atomic E-state index is 10.6. The van der Waals surface area contributed by atoms with E-state index in [1.54, 1.807) is 12.1 Å². The molecular formula is C13H19N3O3. The summed E-state index contributed by atoms with van der Waals surface area (Å²) in [4.78, 5) is 12.5. The van der Waals surface area contributed by atoms with E-state index in [0.717, 1.165) is 38.2 Å². The molecule has 6 nitrogen and oxygen atoms in total. The van der Waals surface area contributed by atoms with Crippen LogP contribution in [-0.2, 0) is 11.2 Å². The number of ether oxygens (including phenoxy) is 1. The van der Waals surface area contributed by atoms with E-state index in [0.29, 0.717) is 6.54 Å². The third-order valence-electron chi connectivity index (χ3n) is 3.35. The van der Waals surface area contributed by atoms with E-state index < -0.39 is 0 Å². The molecule has 1 aromatic rings. The monoisotopic (exact) mass is 265 g/mol. The van der Waals surface area contributed by atoms with Crippen LogP contribution in [0.3, 0.4) is 0 Å². The number of hydrogen-bond donors (Lipinski definition) is 1. The average Bonchev–Trinajstić information content (AvgIpc) is 2.46. The van der Waals surface area contributed by atoms with Gasteiger partial charge in [-0.3, -0.25) is 15.0 Å². The van der Waals surface area contributed by atoms with Gasteiger partial charge in [0.05, 0.1) is 17.6 Å². The minimum atomic E-state index is -0.377. The molecule has 1 aliphatic rings. The molecule has 1 unspecified atom stereocenters. The first-order valence-electron chi connectivity index (χ1n) is 6.46. The number of nitrogens with two attached hydrogens (primary N) is 1. The van der Waals surface area contributed by atoms with Crippen molar-refractivity contribution >= 4 is 5.69 Å². The van der Waals surface area contributed by atoms with E-state index in [1.165, 1.54) is 0 Å². The van der Waals surface area contributed by atoms with Gasteiger partial charge < -0.3 is 10.5 Å². The Bertz CT molecular complexity index is 422. The zero-order valence-corrected chi connectivity index (χ0v) is 10.8. The van der Waals surface area contributed by atoms with E-state index >= 15 is 0 Å².